The minimum atomic E-state index is -1.30. The minimum absolute atomic E-state index is 0.0341. The van der Waals surface area contributed by atoms with Gasteiger partial charge < -0.3 is 25.2 Å². The second-order valence-corrected chi connectivity index (χ2v) is 2.62. The molecule has 0 bridgehead atoms. The molecule has 0 radical (unpaired) electrons. The van der Waals surface area contributed by atoms with Crippen molar-refractivity contribution >= 4 is 0 Å². The summed E-state index contributed by atoms with van der Waals surface area (Å²) >= 11 is 0. The second kappa shape index (κ2) is 3.46. The Bertz CT molecular complexity index is 128. The Labute approximate surface area is 63.8 Å². The van der Waals surface area contributed by atoms with Crippen molar-refractivity contribution in [2.45, 2.75) is 31.0 Å². The van der Waals surface area contributed by atoms with Crippen LogP contribution in [0, 0.1) is 0 Å². The van der Waals surface area contributed by atoms with E-state index in [9.17, 15) is 0 Å². The smallest absolute Gasteiger partial charge is 0.181 e. The van der Waals surface area contributed by atoms with Crippen LogP contribution in [-0.2, 0) is 4.74 Å². The lowest BCUT2D eigenvalue weighted by molar-refractivity contribution is -0.251. The standard InChI is InChI=1S/C6H12O5/c7-2-5-3(8)1-4(9)6(10)11-5/h3-10H,1-2H2/t3-,4-,5?,6?/m0/s1. The Hall–Kier alpha value is -0.200. The summed E-state index contributed by atoms with van der Waals surface area (Å²) in [5, 5.41) is 35.5. The van der Waals surface area contributed by atoms with Gasteiger partial charge in [0.05, 0.1) is 12.7 Å². The minimum Gasteiger partial charge on any atom is -0.394 e. The Balaban J connectivity index is 2.48. The van der Waals surface area contributed by atoms with Gasteiger partial charge >= 0.3 is 0 Å². The molecule has 4 N–H and O–H groups in total. The first-order chi connectivity index (χ1) is 5.15. The molecule has 11 heavy (non-hydrogen) atoms. The highest BCUT2D eigenvalue weighted by atomic mass is 16.6. The summed E-state index contributed by atoms with van der Waals surface area (Å²) in [5.41, 5.74) is 0. The van der Waals surface area contributed by atoms with Crippen LogP contribution in [0.5, 0.6) is 0 Å². The Morgan fingerprint density at radius 2 is 1.82 bits per heavy atom. The zero-order valence-corrected chi connectivity index (χ0v) is 5.92. The maximum Gasteiger partial charge on any atom is 0.181 e. The number of aliphatic hydroxyl groups is 4. The van der Waals surface area contributed by atoms with Crippen molar-refractivity contribution < 1.29 is 25.2 Å². The fraction of sp³-hybridized carbons (Fsp3) is 1.00. The lowest BCUT2D eigenvalue weighted by Crippen LogP contribution is -2.48. The molecule has 4 atom stereocenters. The molecule has 1 aliphatic rings. The van der Waals surface area contributed by atoms with Crippen molar-refractivity contribution in [2.24, 2.45) is 0 Å². The molecule has 5 nitrogen and oxygen atoms in total. The van der Waals surface area contributed by atoms with Gasteiger partial charge in [0, 0.05) is 6.42 Å². The Morgan fingerprint density at radius 1 is 1.18 bits per heavy atom. The van der Waals surface area contributed by atoms with E-state index in [2.05, 4.69) is 4.74 Å². The SMILES string of the molecule is OCC1OC(O)[C@@H](O)C[C@@H]1O. The largest absolute Gasteiger partial charge is 0.394 e. The summed E-state index contributed by atoms with van der Waals surface area (Å²) in [6.45, 7) is -0.356. The molecule has 1 rings (SSSR count). The first kappa shape index (κ1) is 8.89. The first-order valence-corrected chi connectivity index (χ1v) is 3.45. The summed E-state index contributed by atoms with van der Waals surface area (Å²) in [7, 11) is 0. The molecule has 0 aliphatic carbocycles. The average Bonchev–Trinajstić information content (AvgIpc) is 1.97. The molecule has 1 heterocycles. The fourth-order valence-corrected chi connectivity index (χ4v) is 1.04. The quantitative estimate of drug-likeness (QED) is 0.353. The van der Waals surface area contributed by atoms with Crippen LogP contribution in [0.1, 0.15) is 6.42 Å². The molecule has 2 unspecified atom stereocenters. The molecule has 1 aliphatic heterocycles. The normalized spacial score (nSPS) is 45.8. The first-order valence-electron chi connectivity index (χ1n) is 3.45. The van der Waals surface area contributed by atoms with E-state index in [1.54, 1.807) is 0 Å². The Kier molecular flexibility index (Phi) is 2.80. The van der Waals surface area contributed by atoms with Gasteiger partial charge in [-0.05, 0) is 0 Å². The number of hydrogen-bond acceptors (Lipinski definition) is 5. The molecule has 0 aromatic rings. The van der Waals surface area contributed by atoms with Crippen LogP contribution in [0.15, 0.2) is 0 Å². The number of aliphatic hydroxyl groups excluding tert-OH is 4. The van der Waals surface area contributed by atoms with Crippen molar-refractivity contribution in [1.29, 1.82) is 0 Å². The van der Waals surface area contributed by atoms with Crippen LogP contribution in [0.3, 0.4) is 0 Å². The monoisotopic (exact) mass is 164 g/mol. The zero-order valence-electron chi connectivity index (χ0n) is 5.92. The molecule has 66 valence electrons. The molecular formula is C6H12O5. The van der Waals surface area contributed by atoms with Crippen molar-refractivity contribution in [3.05, 3.63) is 0 Å². The average molecular weight is 164 g/mol. The number of rotatable bonds is 1. The van der Waals surface area contributed by atoms with Gasteiger partial charge in [-0.2, -0.15) is 0 Å². The summed E-state index contributed by atoms with van der Waals surface area (Å²) in [5.74, 6) is 0. The molecule has 5 heteroatoms. The lowest BCUT2D eigenvalue weighted by atomic mass is 10.0. The molecule has 1 saturated heterocycles. The summed E-state index contributed by atoms with van der Waals surface area (Å²) < 4.78 is 4.67. The summed E-state index contributed by atoms with van der Waals surface area (Å²) in [4.78, 5) is 0. The van der Waals surface area contributed by atoms with E-state index in [0.29, 0.717) is 0 Å². The Morgan fingerprint density at radius 3 is 2.36 bits per heavy atom. The molecule has 0 amide bonds. The molecule has 0 aromatic carbocycles. The van der Waals surface area contributed by atoms with Gasteiger partial charge in [-0.3, -0.25) is 0 Å². The van der Waals surface area contributed by atoms with Gasteiger partial charge in [0.25, 0.3) is 0 Å². The van der Waals surface area contributed by atoms with E-state index in [0.717, 1.165) is 0 Å². The van der Waals surface area contributed by atoms with Gasteiger partial charge in [-0.1, -0.05) is 0 Å². The van der Waals surface area contributed by atoms with Crippen molar-refractivity contribution in [1.82, 2.24) is 0 Å². The highest BCUT2D eigenvalue weighted by Crippen LogP contribution is 2.18. The molecule has 0 spiro atoms. The maximum absolute atomic E-state index is 9.10. The predicted octanol–water partition coefficient (Wildman–Crippen LogP) is -2.19. The lowest BCUT2D eigenvalue weighted by Gasteiger charge is -2.33. The van der Waals surface area contributed by atoms with E-state index < -0.39 is 24.6 Å². The van der Waals surface area contributed by atoms with Gasteiger partial charge in [-0.15, -0.1) is 0 Å². The van der Waals surface area contributed by atoms with Crippen LogP contribution in [0.2, 0.25) is 0 Å². The third-order valence-corrected chi connectivity index (χ3v) is 1.74. The van der Waals surface area contributed by atoms with Gasteiger partial charge in [-0.25, -0.2) is 0 Å². The van der Waals surface area contributed by atoms with Gasteiger partial charge in [0.2, 0.25) is 0 Å². The molecular weight excluding hydrogens is 152 g/mol. The van der Waals surface area contributed by atoms with Crippen molar-refractivity contribution in [3.8, 4) is 0 Å². The maximum atomic E-state index is 9.10. The second-order valence-electron chi connectivity index (χ2n) is 2.62. The van der Waals surface area contributed by atoms with E-state index in [4.69, 9.17) is 20.4 Å². The molecule has 1 fully saturated rings. The van der Waals surface area contributed by atoms with Crippen LogP contribution in [-0.4, -0.2) is 51.6 Å². The summed E-state index contributed by atoms with van der Waals surface area (Å²) in [6.07, 6.45) is -4.01. The van der Waals surface area contributed by atoms with Gasteiger partial charge in [0.1, 0.15) is 12.2 Å². The molecule has 0 aromatic heterocycles. The van der Waals surface area contributed by atoms with Gasteiger partial charge in [0.15, 0.2) is 6.29 Å². The topological polar surface area (TPSA) is 90.2 Å². The van der Waals surface area contributed by atoms with E-state index in [1.165, 1.54) is 0 Å². The van der Waals surface area contributed by atoms with Crippen LogP contribution in [0.25, 0.3) is 0 Å². The predicted molar refractivity (Wildman–Crippen MR) is 34.6 cm³/mol. The fourth-order valence-electron chi connectivity index (χ4n) is 1.04. The molecule has 0 saturated carbocycles. The third-order valence-electron chi connectivity index (χ3n) is 1.74. The number of ether oxygens (including phenoxy) is 1. The van der Waals surface area contributed by atoms with Crippen LogP contribution in [0.4, 0.5) is 0 Å². The van der Waals surface area contributed by atoms with Crippen molar-refractivity contribution in [3.63, 3.8) is 0 Å². The van der Waals surface area contributed by atoms with Crippen molar-refractivity contribution in [2.75, 3.05) is 6.61 Å². The summed E-state index contributed by atoms with van der Waals surface area (Å²) in [6, 6.07) is 0. The highest BCUT2D eigenvalue weighted by molar-refractivity contribution is 4.79. The number of hydrogen-bond donors (Lipinski definition) is 4. The van der Waals surface area contributed by atoms with Crippen LogP contribution < -0.4 is 0 Å². The highest BCUT2D eigenvalue weighted by Gasteiger charge is 2.34. The third kappa shape index (κ3) is 1.88. The van der Waals surface area contributed by atoms with E-state index in [1.807, 2.05) is 0 Å². The van der Waals surface area contributed by atoms with E-state index in [-0.39, 0.29) is 13.0 Å². The van der Waals surface area contributed by atoms with Crippen LogP contribution >= 0.6 is 0 Å². The van der Waals surface area contributed by atoms with E-state index >= 15 is 0 Å². The zero-order chi connectivity index (χ0) is 8.43.